The van der Waals surface area contributed by atoms with Crippen molar-refractivity contribution in [3.05, 3.63) is 111 Å². The van der Waals surface area contributed by atoms with Gasteiger partial charge in [-0.3, -0.25) is 14.0 Å². The van der Waals surface area contributed by atoms with Gasteiger partial charge in [-0.05, 0) is 67.1 Å². The van der Waals surface area contributed by atoms with Crippen LogP contribution in [0, 0.1) is 12.7 Å². The fourth-order valence-corrected chi connectivity index (χ4v) is 2.96. The summed E-state index contributed by atoms with van der Waals surface area (Å²) in [5.74, 6) is -0.0370. The molecule has 0 atom stereocenters. The predicted molar refractivity (Wildman–Crippen MR) is 107 cm³/mol. The first kappa shape index (κ1) is 18.6. The number of hydrogen-bond acceptors (Lipinski definition) is 4. The summed E-state index contributed by atoms with van der Waals surface area (Å²) < 4.78 is 20.2. The standard InChI is InChI=1S/C23H17FN2O3/c1-15-2-11-21-25-19(12-22(27)26(21)13-15)14-29-20-9-5-17(6-10-20)23(28)16-3-7-18(24)8-4-16/h2-13H,14H2,1H3. The third kappa shape index (κ3) is 4.06. The lowest BCUT2D eigenvalue weighted by atomic mass is 10.0. The number of aryl methyl sites for hydroxylation is 1. The van der Waals surface area contributed by atoms with Gasteiger partial charge in [0.25, 0.3) is 5.56 Å². The quantitative estimate of drug-likeness (QED) is 0.486. The van der Waals surface area contributed by atoms with E-state index in [2.05, 4.69) is 4.98 Å². The largest absolute Gasteiger partial charge is 0.487 e. The Kier molecular flexibility index (Phi) is 4.91. The van der Waals surface area contributed by atoms with E-state index in [0.717, 1.165) is 5.56 Å². The molecule has 0 saturated carbocycles. The average molecular weight is 388 g/mol. The van der Waals surface area contributed by atoms with E-state index in [0.29, 0.717) is 28.2 Å². The minimum Gasteiger partial charge on any atom is -0.487 e. The van der Waals surface area contributed by atoms with Gasteiger partial charge < -0.3 is 4.74 Å². The number of rotatable bonds is 5. The summed E-state index contributed by atoms with van der Waals surface area (Å²) in [5.41, 5.74) is 2.77. The highest BCUT2D eigenvalue weighted by Gasteiger charge is 2.10. The Labute approximate surface area is 166 Å². The lowest BCUT2D eigenvalue weighted by Gasteiger charge is -2.08. The van der Waals surface area contributed by atoms with Crippen LogP contribution in [-0.2, 0) is 6.61 Å². The fourth-order valence-electron chi connectivity index (χ4n) is 2.96. The fraction of sp³-hybridized carbons (Fsp3) is 0.0870. The Hall–Kier alpha value is -3.80. The molecule has 0 aliphatic carbocycles. The molecule has 0 saturated heterocycles. The van der Waals surface area contributed by atoms with E-state index in [1.165, 1.54) is 34.7 Å². The number of carbonyl (C=O) groups excluding carboxylic acids is 1. The Morgan fingerprint density at radius 2 is 1.66 bits per heavy atom. The van der Waals surface area contributed by atoms with Crippen molar-refractivity contribution in [2.24, 2.45) is 0 Å². The van der Waals surface area contributed by atoms with Gasteiger partial charge in [0.2, 0.25) is 0 Å². The van der Waals surface area contributed by atoms with Crippen LogP contribution in [0.5, 0.6) is 5.75 Å². The molecule has 4 rings (SSSR count). The number of halogens is 1. The van der Waals surface area contributed by atoms with Crippen LogP contribution in [0.25, 0.3) is 5.65 Å². The van der Waals surface area contributed by atoms with E-state index < -0.39 is 0 Å². The molecule has 0 N–H and O–H groups in total. The number of hydrogen-bond donors (Lipinski definition) is 0. The number of ether oxygens (including phenoxy) is 1. The molecular formula is C23H17FN2O3. The lowest BCUT2D eigenvalue weighted by molar-refractivity contribution is 0.103. The van der Waals surface area contributed by atoms with Gasteiger partial charge in [0.1, 0.15) is 23.8 Å². The maximum atomic E-state index is 13.0. The van der Waals surface area contributed by atoms with Gasteiger partial charge in [0.15, 0.2) is 5.78 Å². The summed E-state index contributed by atoms with van der Waals surface area (Å²) in [6.07, 6.45) is 1.74. The summed E-state index contributed by atoms with van der Waals surface area (Å²) in [4.78, 5) is 29.1. The van der Waals surface area contributed by atoms with Crippen molar-refractivity contribution in [1.82, 2.24) is 9.38 Å². The normalized spacial score (nSPS) is 10.8. The molecule has 2 aromatic heterocycles. The molecule has 0 radical (unpaired) electrons. The van der Waals surface area contributed by atoms with Crippen LogP contribution < -0.4 is 10.3 Å². The molecule has 6 heteroatoms. The van der Waals surface area contributed by atoms with Crippen molar-refractivity contribution in [2.45, 2.75) is 13.5 Å². The minimum absolute atomic E-state index is 0.130. The first-order valence-corrected chi connectivity index (χ1v) is 9.02. The smallest absolute Gasteiger partial charge is 0.258 e. The van der Waals surface area contributed by atoms with Crippen LogP contribution in [0.4, 0.5) is 4.39 Å². The Balaban J connectivity index is 1.47. The third-order valence-corrected chi connectivity index (χ3v) is 4.47. The molecule has 29 heavy (non-hydrogen) atoms. The van der Waals surface area contributed by atoms with E-state index in [4.69, 9.17) is 4.74 Å². The molecular weight excluding hydrogens is 371 g/mol. The Morgan fingerprint density at radius 3 is 2.34 bits per heavy atom. The van der Waals surface area contributed by atoms with Crippen LogP contribution in [0.15, 0.2) is 77.7 Å². The second-order valence-corrected chi connectivity index (χ2v) is 6.67. The maximum Gasteiger partial charge on any atom is 0.258 e. The first-order chi connectivity index (χ1) is 14.0. The van der Waals surface area contributed by atoms with E-state index >= 15 is 0 Å². The molecule has 0 unspecified atom stereocenters. The van der Waals surface area contributed by atoms with Gasteiger partial charge in [0, 0.05) is 23.4 Å². The van der Waals surface area contributed by atoms with Gasteiger partial charge in [0.05, 0.1) is 5.69 Å². The second kappa shape index (κ2) is 7.67. The zero-order valence-electron chi connectivity index (χ0n) is 15.6. The molecule has 5 nitrogen and oxygen atoms in total. The van der Waals surface area contributed by atoms with Gasteiger partial charge in [-0.1, -0.05) is 6.07 Å². The molecule has 0 aliphatic rings. The molecule has 2 heterocycles. The molecule has 4 aromatic rings. The third-order valence-electron chi connectivity index (χ3n) is 4.47. The summed E-state index contributed by atoms with van der Waals surface area (Å²) in [5, 5.41) is 0. The molecule has 0 fully saturated rings. The Bertz CT molecular complexity index is 1250. The minimum atomic E-state index is -0.387. The molecule has 144 valence electrons. The van der Waals surface area contributed by atoms with E-state index in [-0.39, 0.29) is 23.8 Å². The highest BCUT2D eigenvalue weighted by molar-refractivity contribution is 6.08. The van der Waals surface area contributed by atoms with Gasteiger partial charge in [-0.2, -0.15) is 0 Å². The molecule has 0 aliphatic heterocycles. The van der Waals surface area contributed by atoms with Gasteiger partial charge in [-0.15, -0.1) is 0 Å². The van der Waals surface area contributed by atoms with Crippen molar-refractivity contribution < 1.29 is 13.9 Å². The number of ketones is 1. The molecule has 2 aromatic carbocycles. The van der Waals surface area contributed by atoms with E-state index in [1.54, 1.807) is 36.5 Å². The van der Waals surface area contributed by atoms with E-state index in [1.807, 2.05) is 13.0 Å². The molecule has 0 spiro atoms. The number of nitrogens with zero attached hydrogens (tertiary/aromatic N) is 2. The zero-order valence-corrected chi connectivity index (χ0v) is 15.6. The SMILES string of the molecule is Cc1ccc2nc(COc3ccc(C(=O)c4ccc(F)cc4)cc3)cc(=O)n2c1. The number of benzene rings is 2. The van der Waals surface area contributed by atoms with Crippen molar-refractivity contribution in [3.63, 3.8) is 0 Å². The second-order valence-electron chi connectivity index (χ2n) is 6.67. The topological polar surface area (TPSA) is 60.7 Å². The predicted octanol–water partition coefficient (Wildman–Crippen LogP) is 3.95. The maximum absolute atomic E-state index is 13.0. The summed E-state index contributed by atoms with van der Waals surface area (Å²) >= 11 is 0. The summed E-state index contributed by atoms with van der Waals surface area (Å²) in [6, 6.07) is 17.2. The van der Waals surface area contributed by atoms with Crippen molar-refractivity contribution in [2.75, 3.05) is 0 Å². The summed E-state index contributed by atoms with van der Waals surface area (Å²) in [7, 11) is 0. The van der Waals surface area contributed by atoms with E-state index in [9.17, 15) is 14.0 Å². The first-order valence-electron chi connectivity index (χ1n) is 9.02. The van der Waals surface area contributed by atoms with Crippen LogP contribution in [0.3, 0.4) is 0 Å². The van der Waals surface area contributed by atoms with Crippen molar-refractivity contribution in [1.29, 1.82) is 0 Å². The van der Waals surface area contributed by atoms with Crippen molar-refractivity contribution >= 4 is 11.4 Å². The van der Waals surface area contributed by atoms with Gasteiger partial charge in [-0.25, -0.2) is 9.37 Å². The monoisotopic (exact) mass is 388 g/mol. The highest BCUT2D eigenvalue weighted by Crippen LogP contribution is 2.17. The number of aromatic nitrogens is 2. The van der Waals surface area contributed by atoms with Crippen LogP contribution in [-0.4, -0.2) is 15.2 Å². The molecule has 0 bridgehead atoms. The van der Waals surface area contributed by atoms with Gasteiger partial charge >= 0.3 is 0 Å². The van der Waals surface area contributed by atoms with Crippen LogP contribution in [0.2, 0.25) is 0 Å². The summed E-state index contributed by atoms with van der Waals surface area (Å²) in [6.45, 7) is 2.04. The number of fused-ring (bicyclic) bond motifs is 1. The average Bonchev–Trinajstić information content (AvgIpc) is 2.73. The number of carbonyl (C=O) groups is 1. The van der Waals surface area contributed by atoms with Crippen LogP contribution >= 0.6 is 0 Å². The Morgan fingerprint density at radius 1 is 1.00 bits per heavy atom. The number of pyridine rings is 1. The van der Waals surface area contributed by atoms with Crippen molar-refractivity contribution in [3.8, 4) is 5.75 Å². The lowest BCUT2D eigenvalue weighted by Crippen LogP contribution is -2.16. The molecule has 0 amide bonds. The van der Waals surface area contributed by atoms with Crippen LogP contribution in [0.1, 0.15) is 27.2 Å². The highest BCUT2D eigenvalue weighted by atomic mass is 19.1. The zero-order chi connectivity index (χ0) is 20.4.